The van der Waals surface area contributed by atoms with Crippen LogP contribution in [0.1, 0.15) is 19.2 Å². The average molecular weight is 169 g/mol. The lowest BCUT2D eigenvalue weighted by atomic mass is 10.4. The molecule has 0 fully saturated rings. The molecule has 0 aliphatic carbocycles. The molecule has 0 saturated heterocycles. The summed E-state index contributed by atoms with van der Waals surface area (Å²) in [6, 6.07) is 0. The first-order valence-electron chi connectivity index (χ1n) is 4.43. The van der Waals surface area contributed by atoms with Crippen molar-refractivity contribution >= 4 is 0 Å². The summed E-state index contributed by atoms with van der Waals surface area (Å²) in [7, 11) is 1.73. The molecule has 0 aliphatic rings. The first-order valence-corrected chi connectivity index (χ1v) is 4.43. The van der Waals surface area contributed by atoms with Gasteiger partial charge < -0.3 is 4.74 Å². The van der Waals surface area contributed by atoms with Gasteiger partial charge in [-0.25, -0.2) is 9.55 Å². The summed E-state index contributed by atoms with van der Waals surface area (Å²) in [5.74, 6) is 1.25. The third-order valence-corrected chi connectivity index (χ3v) is 1.86. The van der Waals surface area contributed by atoms with Crippen molar-refractivity contribution < 1.29 is 9.30 Å². The van der Waals surface area contributed by atoms with Crippen molar-refractivity contribution in [2.75, 3.05) is 13.7 Å². The van der Waals surface area contributed by atoms with Gasteiger partial charge in [0.2, 0.25) is 0 Å². The van der Waals surface area contributed by atoms with Crippen molar-refractivity contribution in [3.05, 3.63) is 18.2 Å². The number of rotatable bonds is 5. The minimum Gasteiger partial charge on any atom is -0.384 e. The largest absolute Gasteiger partial charge is 0.384 e. The molecule has 0 amide bonds. The van der Waals surface area contributed by atoms with Gasteiger partial charge in [-0.1, -0.05) is 6.92 Å². The minimum absolute atomic E-state index is 0.782. The Hall–Kier alpha value is -0.830. The van der Waals surface area contributed by atoms with E-state index in [9.17, 15) is 0 Å². The van der Waals surface area contributed by atoms with Crippen molar-refractivity contribution in [2.45, 2.75) is 26.3 Å². The van der Waals surface area contributed by atoms with Crippen LogP contribution in [0.3, 0.4) is 0 Å². The predicted octanol–water partition coefficient (Wildman–Crippen LogP) is 0.901. The lowest BCUT2D eigenvalue weighted by Crippen LogP contribution is -2.36. The summed E-state index contributed by atoms with van der Waals surface area (Å²) in [6.07, 6.45) is 6.18. The molecular formula is C9H17N2O+. The van der Waals surface area contributed by atoms with Gasteiger partial charge in [-0.3, -0.25) is 0 Å². The Bertz CT molecular complexity index is 220. The summed E-state index contributed by atoms with van der Waals surface area (Å²) >= 11 is 0. The van der Waals surface area contributed by atoms with E-state index >= 15 is 0 Å². The number of H-pyrrole nitrogens is 1. The monoisotopic (exact) mass is 169 g/mol. The van der Waals surface area contributed by atoms with Crippen LogP contribution in [0, 0.1) is 0 Å². The van der Waals surface area contributed by atoms with Crippen LogP contribution in [0.2, 0.25) is 0 Å². The molecule has 68 valence electrons. The molecule has 0 bridgehead atoms. The van der Waals surface area contributed by atoms with Crippen molar-refractivity contribution in [1.82, 2.24) is 4.98 Å². The van der Waals surface area contributed by atoms with Crippen LogP contribution in [0.4, 0.5) is 0 Å². The van der Waals surface area contributed by atoms with E-state index < -0.39 is 0 Å². The van der Waals surface area contributed by atoms with Crippen LogP contribution < -0.4 is 4.57 Å². The molecule has 1 N–H and O–H groups in total. The normalized spacial score (nSPS) is 10.5. The number of hydrogen-bond donors (Lipinski definition) is 1. The number of nitrogens with zero attached hydrogens (tertiary/aromatic N) is 1. The van der Waals surface area contributed by atoms with Crippen molar-refractivity contribution in [3.8, 4) is 0 Å². The zero-order valence-corrected chi connectivity index (χ0v) is 7.84. The number of aryl methyl sites for hydroxylation is 1. The Kier molecular flexibility index (Phi) is 3.80. The Balaban J connectivity index is 2.51. The summed E-state index contributed by atoms with van der Waals surface area (Å²) in [5.41, 5.74) is 0. The Morgan fingerprint density at radius 3 is 3.08 bits per heavy atom. The van der Waals surface area contributed by atoms with Crippen LogP contribution in [0.5, 0.6) is 0 Å². The number of aromatic amines is 1. The van der Waals surface area contributed by atoms with Gasteiger partial charge in [0.25, 0.3) is 5.82 Å². The second kappa shape index (κ2) is 4.93. The summed E-state index contributed by atoms with van der Waals surface area (Å²) < 4.78 is 7.25. The third kappa shape index (κ3) is 2.34. The fourth-order valence-corrected chi connectivity index (χ4v) is 1.26. The molecule has 0 saturated carbocycles. The fraction of sp³-hybridized carbons (Fsp3) is 0.667. The molecule has 3 nitrogen and oxygen atoms in total. The number of methoxy groups -OCH3 is 1. The quantitative estimate of drug-likeness (QED) is 0.652. The molecule has 0 spiro atoms. The molecular weight excluding hydrogens is 152 g/mol. The van der Waals surface area contributed by atoms with Crippen molar-refractivity contribution in [2.24, 2.45) is 0 Å². The highest BCUT2D eigenvalue weighted by atomic mass is 16.5. The van der Waals surface area contributed by atoms with E-state index in [1.807, 2.05) is 6.20 Å². The Morgan fingerprint density at radius 1 is 1.58 bits per heavy atom. The highest BCUT2D eigenvalue weighted by Gasteiger charge is 2.07. The number of ether oxygens (including phenoxy) is 1. The molecule has 0 aromatic carbocycles. The predicted molar refractivity (Wildman–Crippen MR) is 46.9 cm³/mol. The Morgan fingerprint density at radius 2 is 2.42 bits per heavy atom. The maximum Gasteiger partial charge on any atom is 0.256 e. The van der Waals surface area contributed by atoms with Gasteiger partial charge in [-0.2, -0.15) is 0 Å². The van der Waals surface area contributed by atoms with Gasteiger partial charge in [0, 0.05) is 7.11 Å². The van der Waals surface area contributed by atoms with Gasteiger partial charge >= 0.3 is 0 Å². The van der Waals surface area contributed by atoms with Crippen LogP contribution in [-0.2, 0) is 17.7 Å². The highest BCUT2D eigenvalue weighted by Crippen LogP contribution is 1.90. The standard InChI is InChI=1S/C9H16N2O/c1-3-6-11-7-5-10-9(11)4-8-12-2/h5,7H,3-4,6,8H2,1-2H3/p+1. The van der Waals surface area contributed by atoms with Gasteiger partial charge in [-0.05, 0) is 6.42 Å². The molecule has 1 rings (SSSR count). The number of aromatic nitrogens is 2. The van der Waals surface area contributed by atoms with E-state index in [0.717, 1.165) is 19.6 Å². The minimum atomic E-state index is 0.782. The maximum atomic E-state index is 5.01. The number of hydrogen-bond acceptors (Lipinski definition) is 1. The van der Waals surface area contributed by atoms with E-state index in [1.54, 1.807) is 7.11 Å². The molecule has 0 aliphatic heterocycles. The molecule has 1 aromatic heterocycles. The first-order chi connectivity index (χ1) is 5.88. The van der Waals surface area contributed by atoms with Gasteiger partial charge in [-0.15, -0.1) is 0 Å². The topological polar surface area (TPSA) is 28.9 Å². The zero-order chi connectivity index (χ0) is 8.81. The molecule has 1 aromatic rings. The SMILES string of the molecule is CCC[n+]1cc[nH]c1CCOC. The second-order valence-corrected chi connectivity index (χ2v) is 2.84. The Labute approximate surface area is 73.4 Å². The lowest BCUT2D eigenvalue weighted by Gasteiger charge is -1.97. The first kappa shape index (κ1) is 9.26. The number of nitrogens with one attached hydrogen (secondary N) is 1. The maximum absolute atomic E-state index is 5.01. The van der Waals surface area contributed by atoms with Gasteiger partial charge in [0.15, 0.2) is 0 Å². The molecule has 0 radical (unpaired) electrons. The van der Waals surface area contributed by atoms with Gasteiger partial charge in [0.05, 0.1) is 19.6 Å². The van der Waals surface area contributed by atoms with Crippen LogP contribution >= 0.6 is 0 Å². The third-order valence-electron chi connectivity index (χ3n) is 1.86. The van der Waals surface area contributed by atoms with Crippen LogP contribution in [0.25, 0.3) is 0 Å². The van der Waals surface area contributed by atoms with Crippen LogP contribution in [-0.4, -0.2) is 18.7 Å². The molecule has 1 heterocycles. The van der Waals surface area contributed by atoms with Crippen molar-refractivity contribution in [3.63, 3.8) is 0 Å². The highest BCUT2D eigenvalue weighted by molar-refractivity contribution is 4.76. The summed E-state index contributed by atoms with van der Waals surface area (Å²) in [4.78, 5) is 3.21. The molecule has 0 unspecified atom stereocenters. The van der Waals surface area contributed by atoms with E-state index in [0.29, 0.717) is 0 Å². The summed E-state index contributed by atoms with van der Waals surface area (Å²) in [6.45, 7) is 4.05. The molecule has 12 heavy (non-hydrogen) atoms. The van der Waals surface area contributed by atoms with Gasteiger partial charge in [0.1, 0.15) is 12.4 Å². The smallest absolute Gasteiger partial charge is 0.256 e. The molecule has 0 atom stereocenters. The summed E-state index contributed by atoms with van der Waals surface area (Å²) in [5, 5.41) is 0. The average Bonchev–Trinajstić information content (AvgIpc) is 2.50. The molecule has 3 heteroatoms. The fourth-order valence-electron chi connectivity index (χ4n) is 1.26. The zero-order valence-electron chi connectivity index (χ0n) is 7.84. The van der Waals surface area contributed by atoms with E-state index in [2.05, 4.69) is 22.7 Å². The van der Waals surface area contributed by atoms with E-state index in [-0.39, 0.29) is 0 Å². The number of imidazole rings is 1. The van der Waals surface area contributed by atoms with E-state index in [4.69, 9.17) is 4.74 Å². The lowest BCUT2D eigenvalue weighted by molar-refractivity contribution is -0.703. The van der Waals surface area contributed by atoms with E-state index in [1.165, 1.54) is 12.2 Å². The second-order valence-electron chi connectivity index (χ2n) is 2.84. The van der Waals surface area contributed by atoms with Crippen LogP contribution in [0.15, 0.2) is 12.4 Å². The van der Waals surface area contributed by atoms with Crippen molar-refractivity contribution in [1.29, 1.82) is 0 Å².